The first kappa shape index (κ1) is 24.7. The van der Waals surface area contributed by atoms with Crippen molar-refractivity contribution in [1.82, 2.24) is 14.9 Å². The van der Waals surface area contributed by atoms with Crippen molar-refractivity contribution in [3.8, 4) is 0 Å². The zero-order chi connectivity index (χ0) is 24.2. The highest BCUT2D eigenvalue weighted by Crippen LogP contribution is 2.33. The molecule has 0 aromatic carbocycles. The van der Waals surface area contributed by atoms with Crippen molar-refractivity contribution in [1.29, 1.82) is 10.8 Å². The maximum Gasteiger partial charge on any atom is 0.449 e. The number of esters is 1. The third-order valence-corrected chi connectivity index (χ3v) is 6.20. The SMILES string of the molecule is CCCCOC(=O)CNc1nc(N2CCN(C(=N)C(F)(F)F)C(=N)C2)c2cc(CC)sc2n1. The summed E-state index contributed by atoms with van der Waals surface area (Å²) in [5, 5.41) is 19.0. The molecule has 3 heterocycles. The number of halogens is 3. The molecule has 180 valence electrons. The second-order valence-corrected chi connectivity index (χ2v) is 8.56. The number of carbonyl (C=O) groups excluding carboxylic acids is 1. The third kappa shape index (κ3) is 5.89. The number of hydrogen-bond donors (Lipinski definition) is 3. The fourth-order valence-electron chi connectivity index (χ4n) is 3.26. The van der Waals surface area contributed by atoms with E-state index in [4.69, 9.17) is 15.6 Å². The van der Waals surface area contributed by atoms with Gasteiger partial charge in [0.1, 0.15) is 23.0 Å². The Balaban J connectivity index is 1.81. The maximum atomic E-state index is 12.9. The molecular weight excluding hydrogens is 459 g/mol. The molecular formula is C20H26F3N7O2S. The van der Waals surface area contributed by atoms with Crippen molar-refractivity contribution in [3.63, 3.8) is 0 Å². The number of anilines is 2. The standard InChI is InChI=1S/C20H26F3N7O2S/c1-3-5-8-32-15(31)10-26-19-27-16(13-9-12(4-2)33-17(13)28-19)29-6-7-30(14(24)11-29)18(25)20(21,22)23/h9,24-25H,3-8,10-11H2,1-2H3,(H,26,27,28). The largest absolute Gasteiger partial charge is 0.464 e. The van der Waals surface area contributed by atoms with E-state index in [-0.39, 0.29) is 38.0 Å². The molecule has 9 nitrogen and oxygen atoms in total. The highest BCUT2D eigenvalue weighted by molar-refractivity contribution is 7.18. The Morgan fingerprint density at radius 2 is 2.06 bits per heavy atom. The minimum atomic E-state index is -4.82. The van der Waals surface area contributed by atoms with Gasteiger partial charge in [-0.25, -0.2) is 4.98 Å². The zero-order valence-corrected chi connectivity index (χ0v) is 19.2. The number of nitrogens with one attached hydrogen (secondary N) is 3. The van der Waals surface area contributed by atoms with Gasteiger partial charge in [0, 0.05) is 18.0 Å². The molecule has 13 heteroatoms. The Hall–Kier alpha value is -2.96. The van der Waals surface area contributed by atoms with Gasteiger partial charge in [0.05, 0.1) is 18.5 Å². The van der Waals surface area contributed by atoms with Crippen molar-refractivity contribution < 1.29 is 22.7 Å². The summed E-state index contributed by atoms with van der Waals surface area (Å²) in [5.74, 6) is -1.65. The summed E-state index contributed by atoms with van der Waals surface area (Å²) in [4.78, 5) is 25.0. The van der Waals surface area contributed by atoms with Crippen LogP contribution in [0.2, 0.25) is 0 Å². The van der Waals surface area contributed by atoms with Crippen LogP contribution in [0.15, 0.2) is 6.07 Å². The number of hydrogen-bond acceptors (Lipinski definition) is 9. The van der Waals surface area contributed by atoms with Gasteiger partial charge in [-0.2, -0.15) is 18.2 Å². The number of amidine groups is 2. The van der Waals surface area contributed by atoms with Gasteiger partial charge in [-0.15, -0.1) is 11.3 Å². The normalized spacial score (nSPS) is 14.6. The molecule has 0 radical (unpaired) electrons. The molecule has 1 aliphatic heterocycles. The predicted octanol–water partition coefficient (Wildman–Crippen LogP) is 3.65. The summed E-state index contributed by atoms with van der Waals surface area (Å²) >= 11 is 1.47. The van der Waals surface area contributed by atoms with Gasteiger partial charge < -0.3 is 19.9 Å². The molecule has 0 bridgehead atoms. The maximum absolute atomic E-state index is 12.9. The van der Waals surface area contributed by atoms with Crippen LogP contribution in [0.5, 0.6) is 0 Å². The van der Waals surface area contributed by atoms with Crippen LogP contribution < -0.4 is 10.2 Å². The number of aromatic nitrogens is 2. The van der Waals surface area contributed by atoms with Crippen LogP contribution in [-0.4, -0.2) is 71.5 Å². The smallest absolute Gasteiger partial charge is 0.449 e. The molecule has 0 unspecified atom stereocenters. The summed E-state index contributed by atoms with van der Waals surface area (Å²) < 4.78 is 43.9. The molecule has 3 N–H and O–H groups in total. The van der Waals surface area contributed by atoms with Crippen molar-refractivity contribution in [2.75, 3.05) is 43.0 Å². The van der Waals surface area contributed by atoms with Gasteiger partial charge in [0.2, 0.25) is 11.8 Å². The molecule has 0 spiro atoms. The molecule has 0 amide bonds. The van der Waals surface area contributed by atoms with Crippen LogP contribution in [0.1, 0.15) is 31.6 Å². The number of alkyl halides is 3. The summed E-state index contributed by atoms with van der Waals surface area (Å²) in [6.45, 7) is 4.05. The minimum Gasteiger partial charge on any atom is -0.464 e. The number of piperazine rings is 1. The quantitative estimate of drug-likeness (QED) is 0.226. The number of nitrogens with zero attached hydrogens (tertiary/aromatic N) is 4. The van der Waals surface area contributed by atoms with Gasteiger partial charge in [0.15, 0.2) is 0 Å². The fraction of sp³-hybridized carbons (Fsp3) is 0.550. The molecule has 0 saturated carbocycles. The lowest BCUT2D eigenvalue weighted by atomic mass is 10.2. The average Bonchev–Trinajstić information content (AvgIpc) is 3.19. The Labute approximate surface area is 193 Å². The molecule has 1 aliphatic rings. The first-order chi connectivity index (χ1) is 15.6. The Morgan fingerprint density at radius 1 is 1.30 bits per heavy atom. The molecule has 0 aliphatic carbocycles. The monoisotopic (exact) mass is 485 g/mol. The van der Waals surface area contributed by atoms with Gasteiger partial charge in [-0.1, -0.05) is 20.3 Å². The van der Waals surface area contributed by atoms with E-state index in [2.05, 4.69) is 15.3 Å². The van der Waals surface area contributed by atoms with Crippen LogP contribution >= 0.6 is 11.3 Å². The molecule has 2 aromatic heterocycles. The lowest BCUT2D eigenvalue weighted by Crippen LogP contribution is -2.55. The Bertz CT molecular complexity index is 1040. The number of thiophene rings is 1. The molecule has 1 saturated heterocycles. The van der Waals surface area contributed by atoms with Crippen molar-refractivity contribution in [2.24, 2.45) is 0 Å². The second kappa shape index (κ2) is 10.3. The average molecular weight is 486 g/mol. The van der Waals surface area contributed by atoms with E-state index in [1.807, 2.05) is 19.9 Å². The number of carbonyl (C=O) groups is 1. The number of fused-ring (bicyclic) bond motifs is 1. The fourth-order valence-corrected chi connectivity index (χ4v) is 4.23. The van der Waals surface area contributed by atoms with E-state index in [0.29, 0.717) is 22.2 Å². The van der Waals surface area contributed by atoms with Crippen molar-refractivity contribution >= 4 is 51.0 Å². The summed E-state index contributed by atoms with van der Waals surface area (Å²) in [6, 6.07) is 1.94. The van der Waals surface area contributed by atoms with E-state index in [0.717, 1.165) is 29.5 Å². The van der Waals surface area contributed by atoms with Crippen LogP contribution in [0.4, 0.5) is 24.9 Å². The predicted molar refractivity (Wildman–Crippen MR) is 122 cm³/mol. The minimum absolute atomic E-state index is 0.118. The summed E-state index contributed by atoms with van der Waals surface area (Å²) in [6.07, 6.45) is -2.36. The highest BCUT2D eigenvalue weighted by atomic mass is 32.1. The number of unbranched alkanes of at least 4 members (excludes halogenated alkanes) is 1. The Kier molecular flexibility index (Phi) is 7.72. The van der Waals surface area contributed by atoms with Crippen molar-refractivity contribution in [3.05, 3.63) is 10.9 Å². The lowest BCUT2D eigenvalue weighted by molar-refractivity contribution is -0.141. The van der Waals surface area contributed by atoms with Gasteiger partial charge >= 0.3 is 12.1 Å². The van der Waals surface area contributed by atoms with Crippen LogP contribution in [0.25, 0.3) is 10.2 Å². The van der Waals surface area contributed by atoms with Crippen LogP contribution in [0, 0.1) is 10.8 Å². The summed E-state index contributed by atoms with van der Waals surface area (Å²) in [5.41, 5.74) is 0. The molecule has 2 aromatic rings. The van der Waals surface area contributed by atoms with E-state index in [9.17, 15) is 18.0 Å². The van der Waals surface area contributed by atoms with Crippen LogP contribution in [0.3, 0.4) is 0 Å². The van der Waals surface area contributed by atoms with E-state index >= 15 is 0 Å². The molecule has 0 atom stereocenters. The topological polar surface area (TPSA) is 118 Å². The molecule has 33 heavy (non-hydrogen) atoms. The van der Waals surface area contributed by atoms with Gasteiger partial charge in [-0.3, -0.25) is 15.6 Å². The lowest BCUT2D eigenvalue weighted by Gasteiger charge is -2.37. The van der Waals surface area contributed by atoms with E-state index in [1.54, 1.807) is 4.90 Å². The molecule has 3 rings (SSSR count). The number of aryl methyl sites for hydroxylation is 1. The van der Waals surface area contributed by atoms with E-state index < -0.39 is 18.0 Å². The highest BCUT2D eigenvalue weighted by Gasteiger charge is 2.41. The van der Waals surface area contributed by atoms with Gasteiger partial charge in [0.25, 0.3) is 0 Å². The second-order valence-electron chi connectivity index (χ2n) is 7.45. The Morgan fingerprint density at radius 3 is 2.70 bits per heavy atom. The van der Waals surface area contributed by atoms with Gasteiger partial charge in [-0.05, 0) is 18.9 Å². The first-order valence-electron chi connectivity index (χ1n) is 10.6. The first-order valence-corrected chi connectivity index (χ1v) is 11.4. The molecule has 1 fully saturated rings. The van der Waals surface area contributed by atoms with Crippen LogP contribution in [-0.2, 0) is 16.0 Å². The zero-order valence-electron chi connectivity index (χ0n) is 18.4. The number of rotatable bonds is 8. The van der Waals surface area contributed by atoms with Crippen molar-refractivity contribution in [2.45, 2.75) is 39.3 Å². The van der Waals surface area contributed by atoms with E-state index in [1.165, 1.54) is 11.3 Å². The third-order valence-electron chi connectivity index (χ3n) is 5.02. The summed E-state index contributed by atoms with van der Waals surface area (Å²) in [7, 11) is 0. The number of ether oxygens (including phenoxy) is 1.